The molecule has 4 nitrogen and oxygen atoms in total. The van der Waals surface area contributed by atoms with Gasteiger partial charge in [0.05, 0.1) is 13.5 Å². The van der Waals surface area contributed by atoms with E-state index in [1.54, 1.807) is 4.90 Å². The van der Waals surface area contributed by atoms with Crippen LogP contribution in [0.5, 0.6) is 0 Å². The topological polar surface area (TPSA) is 46.6 Å². The molecule has 1 heterocycles. The molecule has 1 aromatic rings. The Kier molecular flexibility index (Phi) is 3.65. The maximum atomic E-state index is 11.9. The summed E-state index contributed by atoms with van der Waals surface area (Å²) in [5.41, 5.74) is 1.99. The van der Waals surface area contributed by atoms with Crippen molar-refractivity contribution in [1.82, 2.24) is 0 Å². The molecule has 4 heteroatoms. The number of carbonyl (C=O) groups is 2. The predicted octanol–water partition coefficient (Wildman–Crippen LogP) is 2.09. The van der Waals surface area contributed by atoms with Crippen molar-refractivity contribution in [1.29, 1.82) is 0 Å². The molecule has 0 saturated carbocycles. The number of para-hydroxylation sites is 1. The molecule has 0 bridgehead atoms. The van der Waals surface area contributed by atoms with Gasteiger partial charge in [0.2, 0.25) is 5.91 Å². The highest BCUT2D eigenvalue weighted by Gasteiger charge is 2.32. The molecule has 1 aromatic carbocycles. The summed E-state index contributed by atoms with van der Waals surface area (Å²) in [5.74, 6) is -0.0976. The summed E-state index contributed by atoms with van der Waals surface area (Å²) in [6.45, 7) is 2.42. The molecule has 18 heavy (non-hydrogen) atoms. The minimum atomic E-state index is -0.236. The highest BCUT2D eigenvalue weighted by Crippen LogP contribution is 2.38. The van der Waals surface area contributed by atoms with Gasteiger partial charge in [-0.05, 0) is 11.6 Å². The number of anilines is 1. The lowest BCUT2D eigenvalue weighted by Gasteiger charge is -2.16. The lowest BCUT2D eigenvalue weighted by Crippen LogP contribution is -2.29. The maximum Gasteiger partial charge on any atom is 0.306 e. The molecule has 1 amide bonds. The molecule has 0 aromatic heterocycles. The smallest absolute Gasteiger partial charge is 0.306 e. The standard InChI is InChI=1S/C14H17NO3/c1-3-13(16)15-9-10(8-14(17)18-2)11-6-4-5-7-12(11)15/h4-7,10H,3,8-9H2,1-2H3. The summed E-state index contributed by atoms with van der Waals surface area (Å²) in [7, 11) is 1.39. The van der Waals surface area contributed by atoms with E-state index in [9.17, 15) is 9.59 Å². The lowest BCUT2D eigenvalue weighted by molar-refractivity contribution is -0.141. The average Bonchev–Trinajstić information content (AvgIpc) is 2.77. The van der Waals surface area contributed by atoms with E-state index in [4.69, 9.17) is 4.74 Å². The fourth-order valence-electron chi connectivity index (χ4n) is 2.38. The van der Waals surface area contributed by atoms with Crippen LogP contribution in [0.25, 0.3) is 0 Å². The van der Waals surface area contributed by atoms with Crippen molar-refractivity contribution in [3.63, 3.8) is 0 Å². The molecule has 0 N–H and O–H groups in total. The third-order valence-corrected chi connectivity index (χ3v) is 3.31. The molecule has 0 fully saturated rings. The number of nitrogens with zero attached hydrogens (tertiary/aromatic N) is 1. The summed E-state index contributed by atoms with van der Waals surface area (Å²) in [6, 6.07) is 7.75. The number of fused-ring (bicyclic) bond motifs is 1. The number of carbonyl (C=O) groups excluding carboxylic acids is 2. The quantitative estimate of drug-likeness (QED) is 0.768. The van der Waals surface area contributed by atoms with Gasteiger partial charge in [-0.3, -0.25) is 9.59 Å². The van der Waals surface area contributed by atoms with E-state index in [0.717, 1.165) is 11.3 Å². The zero-order valence-electron chi connectivity index (χ0n) is 10.7. The number of ether oxygens (including phenoxy) is 1. The van der Waals surface area contributed by atoms with Crippen molar-refractivity contribution in [2.45, 2.75) is 25.7 Å². The highest BCUT2D eigenvalue weighted by molar-refractivity contribution is 5.96. The number of hydrogen-bond acceptors (Lipinski definition) is 3. The largest absolute Gasteiger partial charge is 0.469 e. The van der Waals surface area contributed by atoms with Crippen molar-refractivity contribution < 1.29 is 14.3 Å². The molecule has 1 aliphatic heterocycles. The minimum Gasteiger partial charge on any atom is -0.469 e. The van der Waals surface area contributed by atoms with Crippen LogP contribution in [0.15, 0.2) is 24.3 Å². The van der Waals surface area contributed by atoms with Crippen LogP contribution in [0.2, 0.25) is 0 Å². The molecule has 1 atom stereocenters. The monoisotopic (exact) mass is 247 g/mol. The summed E-state index contributed by atoms with van der Waals surface area (Å²) in [5, 5.41) is 0. The van der Waals surface area contributed by atoms with Gasteiger partial charge in [-0.1, -0.05) is 25.1 Å². The molecule has 0 radical (unpaired) electrons. The summed E-state index contributed by atoms with van der Waals surface area (Å²) in [6.07, 6.45) is 0.792. The SMILES string of the molecule is CCC(=O)N1CC(CC(=O)OC)c2ccccc21. The van der Waals surface area contributed by atoms with E-state index in [0.29, 0.717) is 19.4 Å². The number of hydrogen-bond donors (Lipinski definition) is 0. The zero-order valence-corrected chi connectivity index (χ0v) is 10.7. The Bertz CT molecular complexity index is 470. The van der Waals surface area contributed by atoms with Crippen LogP contribution in [0.3, 0.4) is 0 Å². The van der Waals surface area contributed by atoms with Crippen LogP contribution in [-0.4, -0.2) is 25.5 Å². The van der Waals surface area contributed by atoms with Crippen LogP contribution >= 0.6 is 0 Å². The van der Waals surface area contributed by atoms with E-state index in [1.807, 2.05) is 31.2 Å². The predicted molar refractivity (Wildman–Crippen MR) is 68.5 cm³/mol. The fraction of sp³-hybridized carbons (Fsp3) is 0.429. The second kappa shape index (κ2) is 5.21. The second-order valence-corrected chi connectivity index (χ2v) is 4.39. The first-order valence-electron chi connectivity index (χ1n) is 6.13. The van der Waals surface area contributed by atoms with Crippen LogP contribution in [0.1, 0.15) is 31.2 Å². The molecular formula is C14H17NO3. The molecule has 0 aliphatic carbocycles. The third kappa shape index (κ3) is 2.23. The zero-order chi connectivity index (χ0) is 13.1. The second-order valence-electron chi connectivity index (χ2n) is 4.39. The van der Waals surface area contributed by atoms with Gasteiger partial charge in [-0.25, -0.2) is 0 Å². The van der Waals surface area contributed by atoms with Gasteiger partial charge in [0, 0.05) is 24.6 Å². The van der Waals surface area contributed by atoms with Crippen LogP contribution < -0.4 is 4.90 Å². The first-order chi connectivity index (χ1) is 8.67. The van der Waals surface area contributed by atoms with Crippen LogP contribution in [-0.2, 0) is 14.3 Å². The summed E-state index contributed by atoms with van der Waals surface area (Å²) >= 11 is 0. The Labute approximate surface area is 107 Å². The van der Waals surface area contributed by atoms with Crippen LogP contribution in [0.4, 0.5) is 5.69 Å². The van der Waals surface area contributed by atoms with Gasteiger partial charge >= 0.3 is 5.97 Å². The lowest BCUT2D eigenvalue weighted by atomic mass is 9.98. The Morgan fingerprint density at radius 1 is 1.39 bits per heavy atom. The van der Waals surface area contributed by atoms with E-state index in [1.165, 1.54) is 7.11 Å². The first-order valence-corrected chi connectivity index (χ1v) is 6.13. The van der Waals surface area contributed by atoms with Gasteiger partial charge in [0.25, 0.3) is 0 Å². The normalized spacial score (nSPS) is 17.4. The van der Waals surface area contributed by atoms with Crippen LogP contribution in [0, 0.1) is 0 Å². The van der Waals surface area contributed by atoms with Gasteiger partial charge in [-0.15, -0.1) is 0 Å². The fourth-order valence-corrected chi connectivity index (χ4v) is 2.38. The molecular weight excluding hydrogens is 230 g/mol. The first kappa shape index (κ1) is 12.6. The maximum absolute atomic E-state index is 11.9. The van der Waals surface area contributed by atoms with E-state index in [-0.39, 0.29) is 17.8 Å². The Morgan fingerprint density at radius 2 is 2.11 bits per heavy atom. The summed E-state index contributed by atoms with van der Waals surface area (Å²) < 4.78 is 4.71. The molecule has 96 valence electrons. The number of methoxy groups -OCH3 is 1. The van der Waals surface area contributed by atoms with E-state index in [2.05, 4.69) is 0 Å². The van der Waals surface area contributed by atoms with E-state index < -0.39 is 0 Å². The van der Waals surface area contributed by atoms with E-state index >= 15 is 0 Å². The molecule has 0 saturated heterocycles. The van der Waals surface area contributed by atoms with Crippen molar-refractivity contribution in [3.05, 3.63) is 29.8 Å². The van der Waals surface area contributed by atoms with Gasteiger partial charge in [0.1, 0.15) is 0 Å². The van der Waals surface area contributed by atoms with Gasteiger partial charge < -0.3 is 9.64 Å². The van der Waals surface area contributed by atoms with Gasteiger partial charge in [0.15, 0.2) is 0 Å². The molecule has 1 aliphatic rings. The molecule has 0 spiro atoms. The number of esters is 1. The Morgan fingerprint density at radius 3 is 2.78 bits per heavy atom. The molecule has 1 unspecified atom stereocenters. The van der Waals surface area contributed by atoms with Crippen molar-refractivity contribution in [2.24, 2.45) is 0 Å². The average molecular weight is 247 g/mol. The Hall–Kier alpha value is -1.84. The van der Waals surface area contributed by atoms with Crippen molar-refractivity contribution in [3.8, 4) is 0 Å². The number of rotatable bonds is 3. The van der Waals surface area contributed by atoms with Crippen molar-refractivity contribution in [2.75, 3.05) is 18.6 Å². The van der Waals surface area contributed by atoms with Crippen molar-refractivity contribution >= 4 is 17.6 Å². The number of amides is 1. The minimum absolute atomic E-state index is 0.0455. The number of benzene rings is 1. The molecule has 2 rings (SSSR count). The summed E-state index contributed by atoms with van der Waals surface area (Å²) in [4.78, 5) is 25.1. The third-order valence-electron chi connectivity index (χ3n) is 3.31. The Balaban J connectivity index is 2.27. The van der Waals surface area contributed by atoms with Gasteiger partial charge in [-0.2, -0.15) is 0 Å². The highest BCUT2D eigenvalue weighted by atomic mass is 16.5.